The van der Waals surface area contributed by atoms with Gasteiger partial charge in [0.05, 0.1) is 18.2 Å². The molecule has 9 nitrogen and oxygen atoms in total. The van der Waals surface area contributed by atoms with Gasteiger partial charge in [-0.15, -0.1) is 0 Å². The van der Waals surface area contributed by atoms with Crippen molar-refractivity contribution in [2.75, 3.05) is 0 Å². The molecule has 0 aromatic heterocycles. The van der Waals surface area contributed by atoms with Crippen LogP contribution in [0, 0.1) is 34.0 Å². The van der Waals surface area contributed by atoms with Crippen molar-refractivity contribution in [3.63, 3.8) is 0 Å². The van der Waals surface area contributed by atoms with E-state index in [9.17, 15) is 4.79 Å². The number of azo groups is 2. The average Bonchev–Trinajstić information content (AvgIpc) is 2.58. The molecule has 0 heterocycles. The number of amides is 2. The zero-order chi connectivity index (χ0) is 19.4. The summed E-state index contributed by atoms with van der Waals surface area (Å²) in [6.07, 6.45) is 1.19. The van der Waals surface area contributed by atoms with Crippen molar-refractivity contribution in [2.45, 2.75) is 71.0 Å². The predicted molar refractivity (Wildman–Crippen MR) is 87.6 cm³/mol. The molecule has 2 atom stereocenters. The number of nitrogens with two attached hydrogens (primary N) is 1. The van der Waals surface area contributed by atoms with Gasteiger partial charge in [0.15, 0.2) is 16.6 Å². The lowest BCUT2D eigenvalue weighted by atomic mass is 10.0. The summed E-state index contributed by atoms with van der Waals surface area (Å²) >= 11 is 0. The smallest absolute Gasteiger partial charge is 0.348 e. The Morgan fingerprint density at radius 2 is 1.25 bits per heavy atom. The molecule has 0 aromatic carbocycles. The molecule has 130 valence electrons. The van der Waals surface area contributed by atoms with Crippen molar-refractivity contribution in [1.29, 1.82) is 15.8 Å². The second-order valence-electron chi connectivity index (χ2n) is 5.89. The van der Waals surface area contributed by atoms with Gasteiger partial charge in [-0.05, 0) is 40.5 Å². The summed E-state index contributed by atoms with van der Waals surface area (Å²) in [5.41, 5.74) is 2.09. The van der Waals surface area contributed by atoms with E-state index in [1.54, 1.807) is 13.8 Å². The quantitative estimate of drug-likeness (QED) is 0.759. The molecule has 2 N–H and O–H groups in total. The third kappa shape index (κ3) is 9.97. The Labute approximate surface area is 142 Å². The Morgan fingerprint density at radius 3 is 1.46 bits per heavy atom. The van der Waals surface area contributed by atoms with Crippen LogP contribution in [0.5, 0.6) is 0 Å². The largest absolute Gasteiger partial charge is 0.356 e. The molecule has 2 unspecified atom stereocenters. The zero-order valence-corrected chi connectivity index (χ0v) is 15.0. The van der Waals surface area contributed by atoms with Gasteiger partial charge in [0.25, 0.3) is 0 Å². The standard InChI is InChI=1S/C10H16N4.C5H8N4O/c1-5-9(3,7-11)13-14-10(4,6-2)8-12;1-5(2,3-6)9-8-4(7)10/h5-6H2,1-4H3;1-2H3,(H2,7,10). The molecule has 0 fully saturated rings. The minimum Gasteiger partial charge on any atom is -0.348 e. The summed E-state index contributed by atoms with van der Waals surface area (Å²) in [6.45, 7) is 10.2. The average molecular weight is 332 g/mol. The van der Waals surface area contributed by atoms with E-state index < -0.39 is 22.6 Å². The predicted octanol–water partition coefficient (Wildman–Crippen LogP) is 3.64. The number of nitrogens with zero attached hydrogens (tertiary/aromatic N) is 7. The Morgan fingerprint density at radius 1 is 0.875 bits per heavy atom. The molecule has 0 aliphatic carbocycles. The molecule has 0 saturated heterocycles. The van der Waals surface area contributed by atoms with Gasteiger partial charge in [-0.2, -0.15) is 31.1 Å². The van der Waals surface area contributed by atoms with Crippen LogP contribution in [0.15, 0.2) is 20.5 Å². The first kappa shape index (κ1) is 23.4. The molecule has 0 spiro atoms. The second kappa shape index (κ2) is 10.0. The van der Waals surface area contributed by atoms with Gasteiger partial charge in [0, 0.05) is 0 Å². The van der Waals surface area contributed by atoms with Crippen molar-refractivity contribution in [2.24, 2.45) is 26.2 Å². The van der Waals surface area contributed by atoms with E-state index in [0.29, 0.717) is 12.8 Å². The fraction of sp³-hybridized carbons (Fsp3) is 0.733. The number of rotatable bonds is 5. The van der Waals surface area contributed by atoms with Gasteiger partial charge in [0.2, 0.25) is 0 Å². The molecule has 0 saturated carbocycles. The normalized spacial score (nSPS) is 16.0. The fourth-order valence-electron chi connectivity index (χ4n) is 0.762. The molecule has 0 aliphatic heterocycles. The first-order chi connectivity index (χ1) is 10.9. The van der Waals surface area contributed by atoms with Crippen molar-refractivity contribution in [1.82, 2.24) is 0 Å². The Balaban J connectivity index is 0. The van der Waals surface area contributed by atoms with E-state index in [1.165, 1.54) is 13.8 Å². The molecule has 0 bridgehead atoms. The highest BCUT2D eigenvalue weighted by Crippen LogP contribution is 2.20. The van der Waals surface area contributed by atoms with E-state index in [4.69, 9.17) is 15.8 Å². The summed E-state index contributed by atoms with van der Waals surface area (Å²) < 4.78 is 0. The summed E-state index contributed by atoms with van der Waals surface area (Å²) in [5.74, 6) is 0. The van der Waals surface area contributed by atoms with Crippen molar-refractivity contribution in [3.05, 3.63) is 0 Å². The summed E-state index contributed by atoms with van der Waals surface area (Å²) in [6, 6.07) is 5.10. The Kier molecular flexibility index (Phi) is 9.77. The third-order valence-electron chi connectivity index (χ3n) is 3.02. The van der Waals surface area contributed by atoms with Crippen LogP contribution < -0.4 is 5.73 Å². The van der Waals surface area contributed by atoms with Gasteiger partial charge < -0.3 is 5.73 Å². The highest BCUT2D eigenvalue weighted by Gasteiger charge is 2.25. The highest BCUT2D eigenvalue weighted by molar-refractivity contribution is 5.71. The maximum atomic E-state index is 10.0. The van der Waals surface area contributed by atoms with E-state index in [-0.39, 0.29) is 0 Å². The number of carbonyl (C=O) groups excluding carboxylic acids is 1. The Hall–Kier alpha value is -2.86. The van der Waals surface area contributed by atoms with Crippen molar-refractivity contribution in [3.8, 4) is 18.2 Å². The maximum absolute atomic E-state index is 10.0. The first-order valence-corrected chi connectivity index (χ1v) is 7.33. The van der Waals surface area contributed by atoms with Gasteiger partial charge in [0.1, 0.15) is 0 Å². The lowest BCUT2D eigenvalue weighted by molar-refractivity contribution is 0.254. The third-order valence-corrected chi connectivity index (χ3v) is 3.02. The number of hydrogen-bond donors (Lipinski definition) is 1. The van der Waals surface area contributed by atoms with Gasteiger partial charge >= 0.3 is 6.03 Å². The van der Waals surface area contributed by atoms with Crippen LogP contribution in [0.1, 0.15) is 54.4 Å². The minimum absolute atomic E-state index is 0.595. The topological polar surface area (TPSA) is 164 Å². The number of urea groups is 1. The van der Waals surface area contributed by atoms with Crippen LogP contribution in [0.3, 0.4) is 0 Å². The molecule has 0 rings (SSSR count). The molecule has 0 aromatic rings. The molecular formula is C15H24N8O. The summed E-state index contributed by atoms with van der Waals surface area (Å²) in [4.78, 5) is 10.0. The van der Waals surface area contributed by atoms with Gasteiger partial charge in [-0.3, -0.25) is 0 Å². The van der Waals surface area contributed by atoms with Gasteiger partial charge in [-0.25, -0.2) is 4.79 Å². The second-order valence-corrected chi connectivity index (χ2v) is 5.89. The number of nitriles is 3. The fourth-order valence-corrected chi connectivity index (χ4v) is 0.762. The monoisotopic (exact) mass is 332 g/mol. The van der Waals surface area contributed by atoms with Gasteiger partial charge in [-0.1, -0.05) is 19.0 Å². The van der Waals surface area contributed by atoms with Crippen molar-refractivity contribution < 1.29 is 4.79 Å². The van der Waals surface area contributed by atoms with E-state index in [1.807, 2.05) is 19.9 Å². The Bertz CT molecular complexity index is 574. The van der Waals surface area contributed by atoms with Crippen LogP contribution in [-0.2, 0) is 0 Å². The molecule has 2 amide bonds. The van der Waals surface area contributed by atoms with Crippen molar-refractivity contribution >= 4 is 6.03 Å². The maximum Gasteiger partial charge on any atom is 0.356 e. The first-order valence-electron chi connectivity index (χ1n) is 7.33. The van der Waals surface area contributed by atoms with E-state index in [2.05, 4.69) is 38.3 Å². The molecule has 0 radical (unpaired) electrons. The van der Waals surface area contributed by atoms with Crippen LogP contribution >= 0.6 is 0 Å². The molecule has 24 heavy (non-hydrogen) atoms. The van der Waals surface area contributed by atoms with E-state index in [0.717, 1.165) is 0 Å². The highest BCUT2D eigenvalue weighted by atomic mass is 16.2. The summed E-state index contributed by atoms with van der Waals surface area (Å²) in [7, 11) is 0. The summed E-state index contributed by atoms with van der Waals surface area (Å²) in [5, 5.41) is 40.3. The minimum atomic E-state index is -0.963. The van der Waals surface area contributed by atoms with E-state index >= 15 is 0 Å². The number of carbonyl (C=O) groups is 1. The lowest BCUT2D eigenvalue weighted by Gasteiger charge is -2.16. The number of hydrogen-bond acceptors (Lipinski definition) is 7. The SMILES string of the molecule is CC(C)(C#N)N=NC(N)=O.CCC(C)(C#N)N=NC(C)(C#N)CC. The van der Waals surface area contributed by atoms with Crippen LogP contribution in [-0.4, -0.2) is 22.6 Å². The molecular weight excluding hydrogens is 308 g/mol. The molecule has 0 aliphatic rings. The molecule has 9 heteroatoms. The van der Waals surface area contributed by atoms with Crippen LogP contribution in [0.4, 0.5) is 4.79 Å². The van der Waals surface area contributed by atoms with Crippen LogP contribution in [0.25, 0.3) is 0 Å². The number of primary amides is 1. The van der Waals surface area contributed by atoms with Crippen LogP contribution in [0.2, 0.25) is 0 Å². The lowest BCUT2D eigenvalue weighted by Crippen LogP contribution is -2.22. The zero-order valence-electron chi connectivity index (χ0n) is 15.0.